The lowest BCUT2D eigenvalue weighted by Gasteiger charge is -2.34. The van der Waals surface area contributed by atoms with Crippen LogP contribution >= 0.6 is 24.0 Å². The van der Waals surface area contributed by atoms with Crippen molar-refractivity contribution in [3.05, 3.63) is 0 Å². The minimum absolute atomic E-state index is 0. The molecule has 2 rings (SSSR count). The van der Waals surface area contributed by atoms with Gasteiger partial charge in [0.05, 0.1) is 19.3 Å². The summed E-state index contributed by atoms with van der Waals surface area (Å²) >= 11 is 0. The molecule has 1 saturated carbocycles. The zero-order valence-corrected chi connectivity index (χ0v) is 19.5. The first-order valence-corrected chi connectivity index (χ1v) is 10.6. The molecule has 1 amide bonds. The molecule has 0 bridgehead atoms. The summed E-state index contributed by atoms with van der Waals surface area (Å²) in [5.74, 6) is 1.64. The average Bonchev–Trinajstić information content (AvgIpc) is 2.93. The van der Waals surface area contributed by atoms with Crippen molar-refractivity contribution < 1.29 is 9.53 Å². The van der Waals surface area contributed by atoms with E-state index in [0.29, 0.717) is 25.0 Å². The second-order valence-corrected chi connectivity index (χ2v) is 7.53. The molecule has 1 saturated heterocycles. The van der Waals surface area contributed by atoms with Crippen molar-refractivity contribution in [2.24, 2.45) is 10.9 Å². The van der Waals surface area contributed by atoms with Gasteiger partial charge >= 0.3 is 0 Å². The molecule has 0 atom stereocenters. The number of hydrogen-bond donors (Lipinski definition) is 2. The molecule has 7 heteroatoms. The van der Waals surface area contributed by atoms with Gasteiger partial charge in [-0.3, -0.25) is 9.79 Å². The molecule has 6 nitrogen and oxygen atoms in total. The summed E-state index contributed by atoms with van der Waals surface area (Å²) < 4.78 is 6.05. The van der Waals surface area contributed by atoms with Crippen molar-refractivity contribution in [2.45, 2.75) is 70.8 Å². The first-order chi connectivity index (χ1) is 12.7. The largest absolute Gasteiger partial charge is 0.376 e. The Labute approximate surface area is 182 Å². The molecule has 2 N–H and O–H groups in total. The molecule has 0 aromatic carbocycles. The lowest BCUT2D eigenvalue weighted by atomic mass is 9.93. The van der Waals surface area contributed by atoms with E-state index in [-0.39, 0.29) is 29.9 Å². The lowest BCUT2D eigenvalue weighted by Crippen LogP contribution is -2.46. The molecule has 2 fully saturated rings. The van der Waals surface area contributed by atoms with Crippen molar-refractivity contribution in [1.29, 1.82) is 0 Å². The molecule has 1 aliphatic carbocycles. The summed E-state index contributed by atoms with van der Waals surface area (Å²) in [4.78, 5) is 18.7. The third kappa shape index (κ3) is 9.45. The van der Waals surface area contributed by atoms with Gasteiger partial charge in [0, 0.05) is 33.1 Å². The van der Waals surface area contributed by atoms with E-state index in [1.165, 1.54) is 38.5 Å². The van der Waals surface area contributed by atoms with Crippen LogP contribution in [-0.4, -0.2) is 62.7 Å². The third-order valence-corrected chi connectivity index (χ3v) is 5.51. The van der Waals surface area contributed by atoms with Crippen LogP contribution in [0.25, 0.3) is 0 Å². The predicted octanol–water partition coefficient (Wildman–Crippen LogP) is 3.16. The summed E-state index contributed by atoms with van der Waals surface area (Å²) in [6.07, 6.45) is 10.9. The van der Waals surface area contributed by atoms with Crippen molar-refractivity contribution in [3.63, 3.8) is 0 Å². The molecule has 0 aromatic heterocycles. The molecule has 27 heavy (non-hydrogen) atoms. The number of carbonyl (C=O) groups is 1. The van der Waals surface area contributed by atoms with E-state index in [1.54, 1.807) is 7.05 Å². The van der Waals surface area contributed by atoms with Crippen LogP contribution < -0.4 is 10.6 Å². The maximum Gasteiger partial charge on any atom is 0.220 e. The molecule has 1 heterocycles. The van der Waals surface area contributed by atoms with Gasteiger partial charge in [0.2, 0.25) is 5.91 Å². The van der Waals surface area contributed by atoms with Crippen LogP contribution in [0.15, 0.2) is 4.99 Å². The predicted molar refractivity (Wildman–Crippen MR) is 122 cm³/mol. The van der Waals surface area contributed by atoms with E-state index in [1.807, 2.05) is 0 Å². The molecule has 0 aromatic rings. The number of nitrogens with zero attached hydrogens (tertiary/aromatic N) is 2. The highest BCUT2D eigenvalue weighted by Crippen LogP contribution is 2.21. The number of carbonyl (C=O) groups excluding carboxylic acids is 1. The Morgan fingerprint density at radius 1 is 1.11 bits per heavy atom. The van der Waals surface area contributed by atoms with Gasteiger partial charge < -0.3 is 20.3 Å². The number of nitrogens with one attached hydrogen (secondary N) is 2. The summed E-state index contributed by atoms with van der Waals surface area (Å²) in [5.41, 5.74) is 0. The number of likely N-dealkylation sites (tertiary alicyclic amines) is 1. The number of amides is 1. The lowest BCUT2D eigenvalue weighted by molar-refractivity contribution is -0.121. The van der Waals surface area contributed by atoms with E-state index >= 15 is 0 Å². The SMILES string of the molecule is CCNC(=NCCOC1CCCCCC1)N1CCC(CC(=O)NC)CC1.I. The molecule has 0 spiro atoms. The summed E-state index contributed by atoms with van der Waals surface area (Å²) in [6, 6.07) is 0. The second kappa shape index (κ2) is 14.4. The Kier molecular flexibility index (Phi) is 13.1. The van der Waals surface area contributed by atoms with Crippen LogP contribution in [0.3, 0.4) is 0 Å². The fourth-order valence-electron chi connectivity index (χ4n) is 3.92. The smallest absolute Gasteiger partial charge is 0.220 e. The molecule has 1 aliphatic heterocycles. The number of guanidine groups is 1. The number of halogens is 1. The van der Waals surface area contributed by atoms with E-state index in [2.05, 4.69) is 22.5 Å². The van der Waals surface area contributed by atoms with Crippen molar-refractivity contribution in [3.8, 4) is 0 Å². The molecule has 0 unspecified atom stereocenters. The van der Waals surface area contributed by atoms with Crippen LogP contribution in [0, 0.1) is 5.92 Å². The molecule has 0 radical (unpaired) electrons. The van der Waals surface area contributed by atoms with Gasteiger partial charge in [-0.05, 0) is 38.5 Å². The van der Waals surface area contributed by atoms with Gasteiger partial charge in [-0.25, -0.2) is 0 Å². The van der Waals surface area contributed by atoms with Gasteiger partial charge in [0.1, 0.15) is 0 Å². The van der Waals surface area contributed by atoms with Gasteiger partial charge in [-0.1, -0.05) is 25.7 Å². The Balaban J connectivity index is 0.00000364. The van der Waals surface area contributed by atoms with Crippen LogP contribution in [0.1, 0.15) is 64.7 Å². The molecular formula is C20H39IN4O2. The van der Waals surface area contributed by atoms with Gasteiger partial charge in [0.25, 0.3) is 0 Å². The quantitative estimate of drug-likeness (QED) is 0.188. The zero-order valence-electron chi connectivity index (χ0n) is 17.2. The van der Waals surface area contributed by atoms with E-state index in [9.17, 15) is 4.79 Å². The van der Waals surface area contributed by atoms with Gasteiger partial charge in [0.15, 0.2) is 5.96 Å². The Morgan fingerprint density at radius 2 is 1.78 bits per heavy atom. The van der Waals surface area contributed by atoms with E-state index < -0.39 is 0 Å². The standard InChI is InChI=1S/C20H38N4O2.HI/c1-3-22-20(23-12-15-26-18-8-6-4-5-7-9-18)24-13-10-17(11-14-24)16-19(25)21-2;/h17-18H,3-16H2,1-2H3,(H,21,25)(H,22,23);1H. The average molecular weight is 494 g/mol. The second-order valence-electron chi connectivity index (χ2n) is 7.53. The minimum Gasteiger partial charge on any atom is -0.376 e. The Bertz CT molecular complexity index is 432. The third-order valence-electron chi connectivity index (χ3n) is 5.51. The number of rotatable bonds is 7. The first kappa shape index (κ1) is 24.5. The van der Waals surface area contributed by atoms with Gasteiger partial charge in [-0.15, -0.1) is 24.0 Å². The van der Waals surface area contributed by atoms with Crippen LogP contribution in [-0.2, 0) is 9.53 Å². The number of piperidine rings is 1. The highest BCUT2D eigenvalue weighted by molar-refractivity contribution is 14.0. The maximum absolute atomic E-state index is 11.5. The topological polar surface area (TPSA) is 66.0 Å². The maximum atomic E-state index is 11.5. The fraction of sp³-hybridized carbons (Fsp3) is 0.900. The van der Waals surface area contributed by atoms with Crippen LogP contribution in [0.2, 0.25) is 0 Å². The van der Waals surface area contributed by atoms with Crippen molar-refractivity contribution >= 4 is 35.8 Å². The fourth-order valence-corrected chi connectivity index (χ4v) is 3.92. The van der Waals surface area contributed by atoms with Crippen LogP contribution in [0.4, 0.5) is 0 Å². The van der Waals surface area contributed by atoms with E-state index in [4.69, 9.17) is 9.73 Å². The molecule has 2 aliphatic rings. The van der Waals surface area contributed by atoms with Crippen molar-refractivity contribution in [2.75, 3.05) is 39.8 Å². The normalized spacial score (nSPS) is 19.9. The van der Waals surface area contributed by atoms with Crippen molar-refractivity contribution in [1.82, 2.24) is 15.5 Å². The van der Waals surface area contributed by atoms with E-state index in [0.717, 1.165) is 45.0 Å². The number of hydrogen-bond acceptors (Lipinski definition) is 3. The van der Waals surface area contributed by atoms with Gasteiger partial charge in [-0.2, -0.15) is 0 Å². The molecular weight excluding hydrogens is 455 g/mol. The Morgan fingerprint density at radius 3 is 2.37 bits per heavy atom. The van der Waals surface area contributed by atoms with Crippen LogP contribution in [0.5, 0.6) is 0 Å². The monoisotopic (exact) mass is 494 g/mol. The first-order valence-electron chi connectivity index (χ1n) is 10.6. The highest BCUT2D eigenvalue weighted by atomic mass is 127. The summed E-state index contributed by atoms with van der Waals surface area (Å²) in [6.45, 7) is 6.36. The minimum atomic E-state index is 0. The molecule has 158 valence electrons. The summed E-state index contributed by atoms with van der Waals surface area (Å²) in [5, 5.41) is 6.14. The zero-order chi connectivity index (χ0) is 18.6. The summed E-state index contributed by atoms with van der Waals surface area (Å²) in [7, 11) is 1.71. The number of ether oxygens (including phenoxy) is 1. The Hall–Kier alpha value is -0.570. The highest BCUT2D eigenvalue weighted by Gasteiger charge is 2.23. The number of aliphatic imine (C=N–C) groups is 1.